The van der Waals surface area contributed by atoms with E-state index in [1.54, 1.807) is 0 Å². The SMILES string of the molecule is Cc1ccccc1CC(=O)Nc1nc(-c2c(C)[nH]c3ccccc23)cs1. The highest BCUT2D eigenvalue weighted by Crippen LogP contribution is 2.33. The fraction of sp³-hybridized carbons (Fsp3) is 0.143. The van der Waals surface area contributed by atoms with Crippen LogP contribution >= 0.6 is 11.3 Å². The van der Waals surface area contributed by atoms with E-state index in [0.717, 1.165) is 39.0 Å². The van der Waals surface area contributed by atoms with Gasteiger partial charge in [0.25, 0.3) is 0 Å². The van der Waals surface area contributed by atoms with Crippen molar-refractivity contribution in [1.82, 2.24) is 9.97 Å². The van der Waals surface area contributed by atoms with Crippen LogP contribution in [-0.4, -0.2) is 15.9 Å². The van der Waals surface area contributed by atoms with Crippen molar-refractivity contribution in [2.24, 2.45) is 0 Å². The predicted molar refractivity (Wildman–Crippen MR) is 108 cm³/mol. The Kier molecular flexibility index (Phi) is 4.31. The van der Waals surface area contributed by atoms with Crippen LogP contribution in [0.5, 0.6) is 0 Å². The molecular weight excluding hydrogens is 342 g/mol. The van der Waals surface area contributed by atoms with Crippen LogP contribution in [0.15, 0.2) is 53.9 Å². The largest absolute Gasteiger partial charge is 0.358 e. The number of thiazole rings is 1. The van der Waals surface area contributed by atoms with Crippen LogP contribution in [0.4, 0.5) is 5.13 Å². The highest BCUT2D eigenvalue weighted by Gasteiger charge is 2.14. The summed E-state index contributed by atoms with van der Waals surface area (Å²) in [5.74, 6) is -0.0455. The van der Waals surface area contributed by atoms with Crippen LogP contribution < -0.4 is 5.32 Å². The Labute approximate surface area is 155 Å². The Bertz CT molecular complexity index is 1090. The smallest absolute Gasteiger partial charge is 0.230 e. The number of aromatic nitrogens is 2. The first-order valence-corrected chi connectivity index (χ1v) is 9.37. The van der Waals surface area contributed by atoms with Crippen molar-refractivity contribution < 1.29 is 4.79 Å². The standard InChI is InChI=1S/C21H19N3OS/c1-13-7-3-4-8-15(13)11-19(25)24-21-23-18(12-26-21)20-14(2)22-17-10-6-5-9-16(17)20/h3-10,12,22H,11H2,1-2H3,(H,23,24,25). The molecule has 0 bridgehead atoms. The van der Waals surface area contributed by atoms with E-state index in [0.29, 0.717) is 11.6 Å². The average Bonchev–Trinajstić information content (AvgIpc) is 3.19. The Morgan fingerprint density at radius 3 is 2.73 bits per heavy atom. The molecule has 0 saturated heterocycles. The molecule has 26 heavy (non-hydrogen) atoms. The van der Waals surface area contributed by atoms with E-state index in [-0.39, 0.29) is 5.91 Å². The van der Waals surface area contributed by atoms with Crippen LogP contribution in [-0.2, 0) is 11.2 Å². The number of carbonyl (C=O) groups is 1. The monoisotopic (exact) mass is 361 g/mol. The third kappa shape index (κ3) is 3.13. The van der Waals surface area contributed by atoms with Gasteiger partial charge in [0.15, 0.2) is 5.13 Å². The van der Waals surface area contributed by atoms with Gasteiger partial charge in [-0.05, 0) is 31.0 Å². The molecular formula is C21H19N3OS. The van der Waals surface area contributed by atoms with Crippen LogP contribution in [0.2, 0.25) is 0 Å². The topological polar surface area (TPSA) is 57.8 Å². The van der Waals surface area contributed by atoms with Crippen molar-refractivity contribution in [2.75, 3.05) is 5.32 Å². The number of fused-ring (bicyclic) bond motifs is 1. The number of H-pyrrole nitrogens is 1. The van der Waals surface area contributed by atoms with Crippen molar-refractivity contribution in [3.63, 3.8) is 0 Å². The first-order valence-electron chi connectivity index (χ1n) is 8.49. The molecule has 0 spiro atoms. The third-order valence-corrected chi connectivity index (χ3v) is 5.27. The molecule has 1 amide bonds. The van der Waals surface area contributed by atoms with E-state index in [1.807, 2.05) is 55.6 Å². The van der Waals surface area contributed by atoms with Crippen molar-refractivity contribution in [3.8, 4) is 11.3 Å². The van der Waals surface area contributed by atoms with Gasteiger partial charge < -0.3 is 10.3 Å². The van der Waals surface area contributed by atoms with Crippen molar-refractivity contribution in [2.45, 2.75) is 20.3 Å². The summed E-state index contributed by atoms with van der Waals surface area (Å²) < 4.78 is 0. The summed E-state index contributed by atoms with van der Waals surface area (Å²) in [4.78, 5) is 20.4. The average molecular weight is 361 g/mol. The van der Waals surface area contributed by atoms with Gasteiger partial charge in [0.2, 0.25) is 5.91 Å². The molecule has 130 valence electrons. The number of carbonyl (C=O) groups excluding carboxylic acids is 1. The molecule has 0 fully saturated rings. The zero-order chi connectivity index (χ0) is 18.1. The molecule has 2 aromatic carbocycles. The third-order valence-electron chi connectivity index (χ3n) is 4.51. The Hall–Kier alpha value is -2.92. The number of nitrogens with one attached hydrogen (secondary N) is 2. The van der Waals surface area contributed by atoms with Crippen LogP contribution in [0.1, 0.15) is 16.8 Å². The van der Waals surface area contributed by atoms with E-state index in [2.05, 4.69) is 27.4 Å². The lowest BCUT2D eigenvalue weighted by Crippen LogP contribution is -2.14. The molecule has 0 aliphatic heterocycles. The maximum absolute atomic E-state index is 12.4. The lowest BCUT2D eigenvalue weighted by molar-refractivity contribution is -0.115. The van der Waals surface area contributed by atoms with E-state index >= 15 is 0 Å². The molecule has 0 aliphatic carbocycles. The molecule has 4 nitrogen and oxygen atoms in total. The minimum atomic E-state index is -0.0455. The molecule has 2 aromatic heterocycles. The van der Waals surface area contributed by atoms with E-state index in [1.165, 1.54) is 11.3 Å². The maximum atomic E-state index is 12.4. The Morgan fingerprint density at radius 1 is 1.12 bits per heavy atom. The summed E-state index contributed by atoms with van der Waals surface area (Å²) >= 11 is 1.45. The summed E-state index contributed by atoms with van der Waals surface area (Å²) in [6.07, 6.45) is 0.355. The van der Waals surface area contributed by atoms with Gasteiger partial charge in [0, 0.05) is 27.5 Å². The predicted octanol–water partition coefficient (Wildman–Crippen LogP) is 5.09. The molecule has 2 heterocycles. The number of nitrogens with zero attached hydrogens (tertiary/aromatic N) is 1. The molecule has 0 aliphatic rings. The van der Waals surface area contributed by atoms with Crippen molar-refractivity contribution in [3.05, 3.63) is 70.7 Å². The number of aryl methyl sites for hydroxylation is 2. The summed E-state index contributed by atoms with van der Waals surface area (Å²) in [6.45, 7) is 4.06. The Morgan fingerprint density at radius 2 is 1.88 bits per heavy atom. The number of aromatic amines is 1. The number of rotatable bonds is 4. The summed E-state index contributed by atoms with van der Waals surface area (Å²) in [5, 5.41) is 6.69. The zero-order valence-corrected chi connectivity index (χ0v) is 15.5. The maximum Gasteiger partial charge on any atom is 0.230 e. The zero-order valence-electron chi connectivity index (χ0n) is 14.7. The lowest BCUT2D eigenvalue weighted by atomic mass is 10.1. The molecule has 5 heteroatoms. The van der Waals surface area contributed by atoms with Gasteiger partial charge in [0.1, 0.15) is 0 Å². The minimum Gasteiger partial charge on any atom is -0.358 e. The lowest BCUT2D eigenvalue weighted by Gasteiger charge is -2.05. The summed E-state index contributed by atoms with van der Waals surface area (Å²) in [5.41, 5.74) is 6.31. The molecule has 4 aromatic rings. The van der Waals surface area contributed by atoms with Gasteiger partial charge in [-0.15, -0.1) is 11.3 Å². The quantitative estimate of drug-likeness (QED) is 0.532. The van der Waals surface area contributed by atoms with Gasteiger partial charge in [-0.25, -0.2) is 4.98 Å². The number of amides is 1. The van der Waals surface area contributed by atoms with Gasteiger partial charge in [-0.1, -0.05) is 42.5 Å². The van der Waals surface area contributed by atoms with Crippen molar-refractivity contribution >= 4 is 33.3 Å². The normalized spacial score (nSPS) is 11.0. The first kappa shape index (κ1) is 16.5. The molecule has 0 radical (unpaired) electrons. The molecule has 0 atom stereocenters. The van der Waals surface area contributed by atoms with Gasteiger partial charge in [-0.3, -0.25) is 4.79 Å². The first-order chi connectivity index (χ1) is 12.6. The number of para-hydroxylation sites is 1. The molecule has 0 unspecified atom stereocenters. The highest BCUT2D eigenvalue weighted by molar-refractivity contribution is 7.14. The van der Waals surface area contributed by atoms with Gasteiger partial charge >= 0.3 is 0 Å². The second kappa shape index (κ2) is 6.77. The van der Waals surface area contributed by atoms with Crippen molar-refractivity contribution in [1.29, 1.82) is 0 Å². The summed E-state index contributed by atoms with van der Waals surface area (Å²) in [7, 11) is 0. The van der Waals surface area contributed by atoms with Crippen LogP contribution in [0.25, 0.3) is 22.2 Å². The van der Waals surface area contributed by atoms with Gasteiger partial charge in [0.05, 0.1) is 12.1 Å². The number of anilines is 1. The highest BCUT2D eigenvalue weighted by atomic mass is 32.1. The summed E-state index contributed by atoms with van der Waals surface area (Å²) in [6, 6.07) is 16.1. The van der Waals surface area contributed by atoms with E-state index in [9.17, 15) is 4.79 Å². The van der Waals surface area contributed by atoms with Crippen LogP contribution in [0.3, 0.4) is 0 Å². The fourth-order valence-electron chi connectivity index (χ4n) is 3.20. The number of benzene rings is 2. The van der Waals surface area contributed by atoms with E-state index in [4.69, 9.17) is 0 Å². The number of hydrogen-bond donors (Lipinski definition) is 2. The molecule has 2 N–H and O–H groups in total. The van der Waals surface area contributed by atoms with E-state index < -0.39 is 0 Å². The van der Waals surface area contributed by atoms with Crippen LogP contribution in [0, 0.1) is 13.8 Å². The minimum absolute atomic E-state index is 0.0455. The number of hydrogen-bond acceptors (Lipinski definition) is 3. The second-order valence-electron chi connectivity index (χ2n) is 6.36. The Balaban J connectivity index is 1.55. The molecule has 0 saturated carbocycles. The molecule has 4 rings (SSSR count). The fourth-order valence-corrected chi connectivity index (χ4v) is 3.92. The second-order valence-corrected chi connectivity index (χ2v) is 7.22. The van der Waals surface area contributed by atoms with Gasteiger partial charge in [-0.2, -0.15) is 0 Å².